The number of hydrogen-bond acceptors (Lipinski definition) is 3. The molecule has 0 fully saturated rings. The van der Waals surface area contributed by atoms with Crippen LogP contribution in [-0.4, -0.2) is 0 Å². The van der Waals surface area contributed by atoms with Crippen molar-refractivity contribution in [2.24, 2.45) is 0 Å². The summed E-state index contributed by atoms with van der Waals surface area (Å²) in [4.78, 5) is 2.46. The topological polar surface area (TPSA) is 3.24 Å². The second-order valence-electron chi connectivity index (χ2n) is 12.5. The van der Waals surface area contributed by atoms with Crippen LogP contribution in [0.15, 0.2) is 176 Å². The van der Waals surface area contributed by atoms with Gasteiger partial charge in [-0.25, -0.2) is 0 Å². The van der Waals surface area contributed by atoms with E-state index in [4.69, 9.17) is 0 Å². The Hall–Kier alpha value is -5.74. The number of benzene rings is 8. The largest absolute Gasteiger partial charge is 0.310 e. The maximum atomic E-state index is 2.46. The second kappa shape index (κ2) is 11.5. The van der Waals surface area contributed by atoms with Gasteiger partial charge in [-0.1, -0.05) is 127 Å². The fourth-order valence-corrected chi connectivity index (χ4v) is 9.76. The zero-order valence-electron chi connectivity index (χ0n) is 26.5. The molecule has 1 nitrogen and oxygen atoms in total. The van der Waals surface area contributed by atoms with Gasteiger partial charge in [0.05, 0.1) is 5.69 Å². The molecule has 0 unspecified atom stereocenters. The summed E-state index contributed by atoms with van der Waals surface area (Å²) in [6.45, 7) is 0. The molecule has 10 aromatic rings. The van der Waals surface area contributed by atoms with Crippen molar-refractivity contribution in [3.63, 3.8) is 0 Å². The third-order valence-electron chi connectivity index (χ3n) is 9.65. The predicted octanol–water partition coefficient (Wildman–Crippen LogP) is 14.4. The van der Waals surface area contributed by atoms with E-state index >= 15 is 0 Å². The molecule has 0 radical (unpaired) electrons. The first-order valence-electron chi connectivity index (χ1n) is 16.6. The minimum Gasteiger partial charge on any atom is -0.310 e. The highest BCUT2D eigenvalue weighted by molar-refractivity contribution is 7.26. The smallest absolute Gasteiger partial charge is 0.0554 e. The molecule has 49 heavy (non-hydrogen) atoms. The van der Waals surface area contributed by atoms with Crippen LogP contribution in [0.4, 0.5) is 17.1 Å². The third-order valence-corrected chi connectivity index (χ3v) is 12.0. The average molecular weight is 660 g/mol. The Balaban J connectivity index is 1.26. The molecule has 0 atom stereocenters. The molecule has 0 bridgehead atoms. The molecule has 3 heteroatoms. The van der Waals surface area contributed by atoms with Gasteiger partial charge in [0.1, 0.15) is 0 Å². The third kappa shape index (κ3) is 4.66. The molecule has 230 valence electrons. The molecule has 0 N–H and O–H groups in total. The first-order chi connectivity index (χ1) is 24.3. The van der Waals surface area contributed by atoms with E-state index in [-0.39, 0.29) is 0 Å². The number of thiophene rings is 2. The molecule has 8 aromatic carbocycles. The van der Waals surface area contributed by atoms with Gasteiger partial charge in [-0.05, 0) is 76.0 Å². The van der Waals surface area contributed by atoms with Gasteiger partial charge in [0.2, 0.25) is 0 Å². The van der Waals surface area contributed by atoms with Gasteiger partial charge in [0.15, 0.2) is 0 Å². The van der Waals surface area contributed by atoms with Gasteiger partial charge < -0.3 is 4.90 Å². The highest BCUT2D eigenvalue weighted by atomic mass is 32.1. The predicted molar refractivity (Wildman–Crippen MR) is 215 cm³/mol. The molecule has 0 aliphatic heterocycles. The van der Waals surface area contributed by atoms with E-state index in [1.54, 1.807) is 0 Å². The molecule has 2 heterocycles. The van der Waals surface area contributed by atoms with Crippen LogP contribution < -0.4 is 4.90 Å². The van der Waals surface area contributed by atoms with Crippen LogP contribution in [-0.2, 0) is 0 Å². The van der Waals surface area contributed by atoms with Crippen LogP contribution in [0.2, 0.25) is 0 Å². The molecule has 0 spiro atoms. The second-order valence-corrected chi connectivity index (χ2v) is 14.6. The Kier molecular flexibility index (Phi) is 6.61. The molecular formula is C46H29NS2. The summed E-state index contributed by atoms with van der Waals surface area (Å²) >= 11 is 3.75. The fraction of sp³-hybridized carbons (Fsp3) is 0. The van der Waals surface area contributed by atoms with E-state index in [9.17, 15) is 0 Å². The van der Waals surface area contributed by atoms with Crippen molar-refractivity contribution < 1.29 is 0 Å². The Bertz CT molecular complexity index is 2840. The molecule has 0 aliphatic rings. The minimum atomic E-state index is 1.13. The number of nitrogens with zero attached hydrogens (tertiary/aromatic N) is 1. The maximum absolute atomic E-state index is 2.46. The van der Waals surface area contributed by atoms with Crippen LogP contribution >= 0.6 is 22.7 Å². The fourth-order valence-electron chi connectivity index (χ4n) is 7.41. The summed E-state index contributed by atoms with van der Waals surface area (Å²) in [7, 11) is 0. The summed E-state index contributed by atoms with van der Waals surface area (Å²) in [5.41, 5.74) is 8.39. The lowest BCUT2D eigenvalue weighted by Crippen LogP contribution is -2.10. The molecule has 0 amide bonds. The maximum Gasteiger partial charge on any atom is 0.0554 e. The van der Waals surface area contributed by atoms with E-state index in [1.165, 1.54) is 79.1 Å². The first kappa shape index (κ1) is 28.3. The van der Waals surface area contributed by atoms with Crippen molar-refractivity contribution in [2.75, 3.05) is 4.90 Å². The lowest BCUT2D eigenvalue weighted by Gasteiger charge is -2.28. The first-order valence-corrected chi connectivity index (χ1v) is 18.2. The number of anilines is 3. The summed E-state index contributed by atoms with van der Waals surface area (Å²) in [6.07, 6.45) is 0. The molecular weight excluding hydrogens is 631 g/mol. The van der Waals surface area contributed by atoms with Gasteiger partial charge >= 0.3 is 0 Å². The van der Waals surface area contributed by atoms with Gasteiger partial charge in [-0.15, -0.1) is 22.7 Å². The van der Waals surface area contributed by atoms with E-state index in [1.807, 2.05) is 22.7 Å². The van der Waals surface area contributed by atoms with Crippen molar-refractivity contribution in [1.29, 1.82) is 0 Å². The minimum absolute atomic E-state index is 1.13. The lowest BCUT2D eigenvalue weighted by molar-refractivity contribution is 1.31. The monoisotopic (exact) mass is 659 g/mol. The Morgan fingerprint density at radius 1 is 0.367 bits per heavy atom. The van der Waals surface area contributed by atoms with Gasteiger partial charge in [-0.2, -0.15) is 0 Å². The van der Waals surface area contributed by atoms with Crippen LogP contribution in [0.5, 0.6) is 0 Å². The lowest BCUT2D eigenvalue weighted by atomic mass is 9.92. The quantitative estimate of drug-likeness (QED) is 0.178. The summed E-state index contributed by atoms with van der Waals surface area (Å²) < 4.78 is 5.25. The summed E-state index contributed by atoms with van der Waals surface area (Å²) in [6, 6.07) is 64.5. The van der Waals surface area contributed by atoms with Crippen molar-refractivity contribution in [3.05, 3.63) is 176 Å². The number of hydrogen-bond donors (Lipinski definition) is 0. The van der Waals surface area contributed by atoms with Crippen LogP contribution in [0.3, 0.4) is 0 Å². The van der Waals surface area contributed by atoms with Gasteiger partial charge in [0.25, 0.3) is 0 Å². The van der Waals surface area contributed by atoms with Gasteiger partial charge in [-0.3, -0.25) is 0 Å². The van der Waals surface area contributed by atoms with Crippen molar-refractivity contribution in [1.82, 2.24) is 0 Å². The Labute approximate surface area is 292 Å². The zero-order chi connectivity index (χ0) is 32.3. The zero-order valence-corrected chi connectivity index (χ0v) is 28.1. The highest BCUT2D eigenvalue weighted by Crippen LogP contribution is 2.48. The SMILES string of the molecule is c1ccc(-c2cc(N(c3ccc4ccccc4c3)c3cccc4sc5ccccc5c34)ccc2-c2cccc3c2sc2ccccc23)cc1. The summed E-state index contributed by atoms with van der Waals surface area (Å²) in [5, 5.41) is 7.68. The Morgan fingerprint density at radius 2 is 1.02 bits per heavy atom. The molecule has 0 saturated heterocycles. The number of rotatable bonds is 5. The molecule has 2 aromatic heterocycles. The van der Waals surface area contributed by atoms with Crippen molar-refractivity contribution >= 4 is 90.9 Å². The average Bonchev–Trinajstić information content (AvgIpc) is 3.74. The van der Waals surface area contributed by atoms with Crippen LogP contribution in [0.1, 0.15) is 0 Å². The van der Waals surface area contributed by atoms with Crippen molar-refractivity contribution in [2.45, 2.75) is 0 Å². The van der Waals surface area contributed by atoms with E-state index in [2.05, 4.69) is 181 Å². The normalized spacial score (nSPS) is 11.7. The standard InChI is InChI=1S/C46H29NS2/c1-2-13-31(14-3-1)40-29-34(26-27-35(40)37-18-10-19-38-36-16-6-8-21-42(36)49-46(37)38)47(33-25-24-30-12-4-5-15-32(30)28-33)41-20-11-23-44-45(41)39-17-7-9-22-43(39)48-44/h1-29H. The Morgan fingerprint density at radius 3 is 1.90 bits per heavy atom. The highest BCUT2D eigenvalue weighted by Gasteiger charge is 2.21. The van der Waals surface area contributed by atoms with E-state index in [0.717, 1.165) is 11.4 Å². The van der Waals surface area contributed by atoms with Crippen molar-refractivity contribution in [3.8, 4) is 22.3 Å². The van der Waals surface area contributed by atoms with Crippen LogP contribution in [0, 0.1) is 0 Å². The van der Waals surface area contributed by atoms with E-state index < -0.39 is 0 Å². The molecule has 0 saturated carbocycles. The van der Waals surface area contributed by atoms with Gasteiger partial charge in [0, 0.05) is 57.3 Å². The van der Waals surface area contributed by atoms with Crippen LogP contribution in [0.25, 0.3) is 73.4 Å². The number of fused-ring (bicyclic) bond motifs is 7. The summed E-state index contributed by atoms with van der Waals surface area (Å²) in [5.74, 6) is 0. The molecule has 0 aliphatic carbocycles. The molecule has 10 rings (SSSR count). The van der Waals surface area contributed by atoms with E-state index in [0.29, 0.717) is 0 Å².